The van der Waals surface area contributed by atoms with Crippen molar-refractivity contribution in [2.24, 2.45) is 0 Å². The molecule has 10 heteroatoms. The molecule has 9 nitrogen and oxygen atoms in total. The highest BCUT2D eigenvalue weighted by molar-refractivity contribution is 6.74. The van der Waals surface area contributed by atoms with E-state index in [1.54, 1.807) is 19.1 Å². The molecule has 3 N–H and O–H groups in total. The van der Waals surface area contributed by atoms with Crippen LogP contribution in [0.4, 0.5) is 10.5 Å². The van der Waals surface area contributed by atoms with E-state index < -0.39 is 31.9 Å². The molecule has 1 aromatic heterocycles. The number of aryl methyl sites for hydroxylation is 1. The first-order chi connectivity index (χ1) is 15.4. The molecule has 1 saturated heterocycles. The van der Waals surface area contributed by atoms with Crippen LogP contribution in [0.2, 0.25) is 18.1 Å². The summed E-state index contributed by atoms with van der Waals surface area (Å²) in [6, 6.07) is 8.40. The molecule has 3 rings (SSSR count). The Hall–Kier alpha value is -2.69. The lowest BCUT2D eigenvalue weighted by Gasteiger charge is -2.37. The summed E-state index contributed by atoms with van der Waals surface area (Å²) in [5.41, 5.74) is 0.107. The minimum absolute atomic E-state index is 0.0194. The van der Waals surface area contributed by atoms with Crippen LogP contribution in [0.1, 0.15) is 39.0 Å². The fourth-order valence-corrected chi connectivity index (χ4v) is 4.39. The van der Waals surface area contributed by atoms with Crippen molar-refractivity contribution in [2.45, 2.75) is 70.6 Å². The number of aromatic nitrogens is 2. The Kier molecular flexibility index (Phi) is 7.30. The molecule has 0 spiro atoms. The molecular weight excluding hydrogens is 440 g/mol. The van der Waals surface area contributed by atoms with E-state index in [-0.39, 0.29) is 17.1 Å². The van der Waals surface area contributed by atoms with E-state index >= 15 is 0 Å². The minimum Gasteiger partial charge on any atom is -0.414 e. The Bertz CT molecular complexity index is 1090. The van der Waals surface area contributed by atoms with E-state index in [0.717, 1.165) is 0 Å². The van der Waals surface area contributed by atoms with Gasteiger partial charge in [-0.15, -0.1) is 0 Å². The lowest BCUT2D eigenvalue weighted by Crippen LogP contribution is -2.48. The summed E-state index contributed by atoms with van der Waals surface area (Å²) < 4.78 is 13.9. The third-order valence-corrected chi connectivity index (χ3v) is 11.0. The van der Waals surface area contributed by atoms with Crippen LogP contribution in [0.25, 0.3) is 0 Å². The Balaban J connectivity index is 1.79. The van der Waals surface area contributed by atoms with Gasteiger partial charge in [0.1, 0.15) is 12.3 Å². The van der Waals surface area contributed by atoms with Crippen LogP contribution in [0.5, 0.6) is 0 Å². The Labute approximate surface area is 194 Å². The number of urea groups is 1. The van der Waals surface area contributed by atoms with Crippen molar-refractivity contribution in [3.05, 3.63) is 62.9 Å². The number of benzene rings is 1. The van der Waals surface area contributed by atoms with E-state index in [1.807, 2.05) is 18.2 Å². The van der Waals surface area contributed by atoms with Crippen molar-refractivity contribution in [1.82, 2.24) is 14.9 Å². The smallest absolute Gasteiger partial charge is 0.330 e. The summed E-state index contributed by atoms with van der Waals surface area (Å²) in [7, 11) is -2.06. The number of hydrogen-bond donors (Lipinski definition) is 3. The van der Waals surface area contributed by atoms with Crippen LogP contribution in [-0.4, -0.2) is 42.7 Å². The predicted molar refractivity (Wildman–Crippen MR) is 130 cm³/mol. The third kappa shape index (κ3) is 6.01. The first-order valence-corrected chi connectivity index (χ1v) is 14.0. The minimum atomic E-state index is -2.06. The molecule has 1 aromatic carbocycles. The molecule has 33 heavy (non-hydrogen) atoms. The van der Waals surface area contributed by atoms with Crippen molar-refractivity contribution >= 4 is 20.0 Å². The molecule has 1 aliphatic rings. The first-order valence-electron chi connectivity index (χ1n) is 11.1. The molecule has 3 atom stereocenters. The van der Waals surface area contributed by atoms with Crippen molar-refractivity contribution in [1.29, 1.82) is 0 Å². The van der Waals surface area contributed by atoms with Crippen molar-refractivity contribution in [3.63, 3.8) is 0 Å². The zero-order valence-electron chi connectivity index (χ0n) is 20.1. The van der Waals surface area contributed by atoms with Gasteiger partial charge in [0.15, 0.2) is 8.32 Å². The van der Waals surface area contributed by atoms with Crippen molar-refractivity contribution < 1.29 is 14.0 Å². The second kappa shape index (κ2) is 9.66. The van der Waals surface area contributed by atoms with Crippen LogP contribution in [0.3, 0.4) is 0 Å². The molecular formula is C23H34N4O5Si. The van der Waals surface area contributed by atoms with Crippen LogP contribution in [0.15, 0.2) is 46.1 Å². The number of anilines is 1. The number of aromatic amines is 1. The van der Waals surface area contributed by atoms with E-state index in [0.29, 0.717) is 24.3 Å². The van der Waals surface area contributed by atoms with Crippen LogP contribution < -0.4 is 21.9 Å². The maximum Gasteiger partial charge on any atom is 0.330 e. The lowest BCUT2D eigenvalue weighted by atomic mass is 10.1. The molecule has 0 aliphatic carbocycles. The quantitative estimate of drug-likeness (QED) is 0.556. The summed E-state index contributed by atoms with van der Waals surface area (Å²) >= 11 is 0. The van der Waals surface area contributed by atoms with Gasteiger partial charge in [0.05, 0.1) is 12.6 Å². The number of nitrogens with one attached hydrogen (secondary N) is 3. The summed E-state index contributed by atoms with van der Waals surface area (Å²) in [6.45, 7) is 12.7. The van der Waals surface area contributed by atoms with Gasteiger partial charge in [0.25, 0.3) is 5.56 Å². The number of para-hydroxylation sites is 1. The lowest BCUT2D eigenvalue weighted by molar-refractivity contribution is -0.0259. The van der Waals surface area contributed by atoms with E-state index in [1.165, 1.54) is 10.8 Å². The normalized spacial score (nSPS) is 21.1. The highest BCUT2D eigenvalue weighted by atomic mass is 28.4. The average Bonchev–Trinajstić information content (AvgIpc) is 3.11. The van der Waals surface area contributed by atoms with Crippen LogP contribution in [0, 0.1) is 6.92 Å². The molecule has 2 amide bonds. The molecule has 180 valence electrons. The Morgan fingerprint density at radius 1 is 1.24 bits per heavy atom. The molecule has 0 unspecified atom stereocenters. The van der Waals surface area contributed by atoms with Crippen LogP contribution >= 0.6 is 0 Å². The number of amides is 2. The summed E-state index contributed by atoms with van der Waals surface area (Å²) in [6.07, 6.45) is 0.760. The highest BCUT2D eigenvalue weighted by Gasteiger charge is 2.42. The number of carbonyl (C=O) groups excluding carboxylic acids is 1. The molecule has 2 aromatic rings. The summed E-state index contributed by atoms with van der Waals surface area (Å²) in [4.78, 5) is 39.1. The topological polar surface area (TPSA) is 114 Å². The standard InChI is InChI=1S/C23H34N4O5Si/c1-15-13-27(22(30)26-20(15)28)19-12-17(25-21(29)24-16-10-8-7-9-11-16)18(32-19)14-31-33(5,6)23(2,3)4/h7-11,13,17-19H,12,14H2,1-6H3,(H2,24,25,29)(H,26,28,30)/t17-,18+,19+/m0/s1. The largest absolute Gasteiger partial charge is 0.414 e. The fraction of sp³-hybridized carbons (Fsp3) is 0.522. The predicted octanol–water partition coefficient (Wildman–Crippen LogP) is 3.34. The first kappa shape index (κ1) is 24.9. The van der Waals surface area contributed by atoms with Gasteiger partial charge < -0.3 is 19.8 Å². The zero-order valence-corrected chi connectivity index (χ0v) is 21.1. The Morgan fingerprint density at radius 3 is 2.55 bits per heavy atom. The molecule has 1 aliphatic heterocycles. The number of ether oxygens (including phenoxy) is 1. The SMILES string of the molecule is Cc1cn([C@H]2C[C@H](NC(=O)Nc3ccccc3)[C@@H](CO[Si](C)(C)C(C)(C)C)O2)c(=O)[nH]c1=O. The fourth-order valence-electron chi connectivity index (χ4n) is 3.37. The Morgan fingerprint density at radius 2 is 1.91 bits per heavy atom. The van der Waals surface area contributed by atoms with Crippen molar-refractivity contribution in [3.8, 4) is 0 Å². The van der Waals surface area contributed by atoms with E-state index in [9.17, 15) is 14.4 Å². The van der Waals surface area contributed by atoms with Gasteiger partial charge in [0, 0.05) is 23.9 Å². The zero-order chi connectivity index (χ0) is 24.4. The third-order valence-electron chi connectivity index (χ3n) is 6.46. The van der Waals surface area contributed by atoms with Gasteiger partial charge >= 0.3 is 11.7 Å². The van der Waals surface area contributed by atoms with Crippen molar-refractivity contribution in [2.75, 3.05) is 11.9 Å². The van der Waals surface area contributed by atoms with Gasteiger partial charge in [-0.1, -0.05) is 39.0 Å². The maximum atomic E-state index is 12.7. The van der Waals surface area contributed by atoms with Crippen LogP contribution in [-0.2, 0) is 9.16 Å². The summed E-state index contributed by atoms with van der Waals surface area (Å²) in [5, 5.41) is 5.80. The second-order valence-corrected chi connectivity index (χ2v) is 14.8. The number of rotatable bonds is 6. The molecule has 0 saturated carbocycles. The number of nitrogens with zero attached hydrogens (tertiary/aromatic N) is 1. The number of hydrogen-bond acceptors (Lipinski definition) is 5. The molecule has 0 radical (unpaired) electrons. The van der Waals surface area contributed by atoms with E-state index in [4.69, 9.17) is 9.16 Å². The van der Waals surface area contributed by atoms with E-state index in [2.05, 4.69) is 49.5 Å². The molecule has 2 heterocycles. The molecule has 0 bridgehead atoms. The van der Waals surface area contributed by atoms with Gasteiger partial charge in [-0.2, -0.15) is 0 Å². The van der Waals surface area contributed by atoms with Gasteiger partial charge in [0.2, 0.25) is 0 Å². The van der Waals surface area contributed by atoms with Gasteiger partial charge in [-0.3, -0.25) is 14.3 Å². The average molecular weight is 475 g/mol. The van der Waals surface area contributed by atoms with Gasteiger partial charge in [-0.05, 0) is 37.2 Å². The summed E-state index contributed by atoms with van der Waals surface area (Å²) in [5.74, 6) is 0. The second-order valence-electron chi connectivity index (χ2n) is 9.99. The number of H-pyrrole nitrogens is 1. The maximum absolute atomic E-state index is 12.7. The highest BCUT2D eigenvalue weighted by Crippen LogP contribution is 2.37. The van der Waals surface area contributed by atoms with Gasteiger partial charge in [-0.25, -0.2) is 9.59 Å². The molecule has 1 fully saturated rings. The monoisotopic (exact) mass is 474 g/mol. The number of carbonyl (C=O) groups is 1.